The van der Waals surface area contributed by atoms with Crippen LogP contribution in [-0.2, 0) is 11.2 Å². The predicted octanol–water partition coefficient (Wildman–Crippen LogP) is 2.42. The van der Waals surface area contributed by atoms with Gasteiger partial charge in [0.25, 0.3) is 0 Å². The largest absolute Gasteiger partial charge is 0.378 e. The van der Waals surface area contributed by atoms with Crippen LogP contribution >= 0.6 is 0 Å². The van der Waals surface area contributed by atoms with E-state index >= 15 is 0 Å². The molecule has 1 aromatic carbocycles. The summed E-state index contributed by atoms with van der Waals surface area (Å²) in [5.41, 5.74) is 3.23. The van der Waals surface area contributed by atoms with E-state index in [9.17, 15) is 4.79 Å². The third-order valence-electron chi connectivity index (χ3n) is 3.25. The van der Waals surface area contributed by atoms with Gasteiger partial charge in [-0.2, -0.15) is 0 Å². The normalized spacial score (nSPS) is 15.6. The zero-order chi connectivity index (χ0) is 13.0. The number of amides is 2. The zero-order valence-corrected chi connectivity index (χ0v) is 11.0. The van der Waals surface area contributed by atoms with Gasteiger partial charge in [-0.3, -0.25) is 0 Å². The van der Waals surface area contributed by atoms with Crippen molar-refractivity contribution in [3.05, 3.63) is 29.3 Å². The fourth-order valence-electron chi connectivity index (χ4n) is 1.98. The van der Waals surface area contributed by atoms with Crippen LogP contribution in [0.5, 0.6) is 0 Å². The van der Waals surface area contributed by atoms with Crippen molar-refractivity contribution in [2.24, 2.45) is 0 Å². The van der Waals surface area contributed by atoms with E-state index in [1.807, 2.05) is 19.1 Å². The molecule has 1 fully saturated rings. The highest BCUT2D eigenvalue weighted by molar-refractivity contribution is 5.90. The number of hydrogen-bond donors (Lipinski definition) is 1. The first-order valence-electron chi connectivity index (χ1n) is 6.44. The third-order valence-corrected chi connectivity index (χ3v) is 3.25. The van der Waals surface area contributed by atoms with Crippen molar-refractivity contribution < 1.29 is 9.53 Å². The number of rotatable bonds is 2. The lowest BCUT2D eigenvalue weighted by Gasteiger charge is -2.27. The zero-order valence-electron chi connectivity index (χ0n) is 11.0. The maximum atomic E-state index is 12.1. The second-order valence-corrected chi connectivity index (χ2v) is 4.53. The highest BCUT2D eigenvalue weighted by Gasteiger charge is 2.17. The number of aryl methyl sites for hydroxylation is 2. The van der Waals surface area contributed by atoms with Crippen molar-refractivity contribution in [3.63, 3.8) is 0 Å². The molecule has 1 aliphatic rings. The highest BCUT2D eigenvalue weighted by atomic mass is 16.5. The van der Waals surface area contributed by atoms with E-state index < -0.39 is 0 Å². The molecule has 0 aromatic heterocycles. The first kappa shape index (κ1) is 12.9. The second-order valence-electron chi connectivity index (χ2n) is 4.53. The molecular formula is C14H20N2O2. The Morgan fingerprint density at radius 1 is 1.39 bits per heavy atom. The van der Waals surface area contributed by atoms with Crippen molar-refractivity contribution in [3.8, 4) is 0 Å². The summed E-state index contributed by atoms with van der Waals surface area (Å²) < 4.78 is 5.24. The van der Waals surface area contributed by atoms with Gasteiger partial charge in [0, 0.05) is 18.8 Å². The van der Waals surface area contributed by atoms with Gasteiger partial charge in [-0.15, -0.1) is 0 Å². The Morgan fingerprint density at radius 2 is 2.11 bits per heavy atom. The lowest BCUT2D eigenvalue weighted by atomic mass is 10.1. The van der Waals surface area contributed by atoms with Crippen LogP contribution in [0.4, 0.5) is 10.5 Å². The molecule has 0 unspecified atom stereocenters. The molecule has 0 aliphatic carbocycles. The van der Waals surface area contributed by atoms with E-state index in [2.05, 4.69) is 18.3 Å². The van der Waals surface area contributed by atoms with E-state index in [1.54, 1.807) is 4.90 Å². The molecule has 1 N–H and O–H groups in total. The molecule has 1 heterocycles. The van der Waals surface area contributed by atoms with E-state index in [0.29, 0.717) is 26.3 Å². The Labute approximate surface area is 108 Å². The van der Waals surface area contributed by atoms with Crippen molar-refractivity contribution in [1.82, 2.24) is 4.90 Å². The predicted molar refractivity (Wildman–Crippen MR) is 72.0 cm³/mol. The van der Waals surface area contributed by atoms with Crippen LogP contribution < -0.4 is 5.32 Å². The Hall–Kier alpha value is -1.55. The van der Waals surface area contributed by atoms with Gasteiger partial charge < -0.3 is 15.0 Å². The minimum Gasteiger partial charge on any atom is -0.378 e. The average Bonchev–Trinajstić information content (AvgIpc) is 2.42. The summed E-state index contributed by atoms with van der Waals surface area (Å²) in [4.78, 5) is 13.9. The molecule has 0 spiro atoms. The summed E-state index contributed by atoms with van der Waals surface area (Å²) in [6.07, 6.45) is 0.973. The van der Waals surface area contributed by atoms with Crippen LogP contribution in [0.1, 0.15) is 18.1 Å². The van der Waals surface area contributed by atoms with E-state index in [1.165, 1.54) is 5.56 Å². The molecule has 1 aromatic rings. The van der Waals surface area contributed by atoms with Crippen molar-refractivity contribution in [2.75, 3.05) is 31.6 Å². The highest BCUT2D eigenvalue weighted by Crippen LogP contribution is 2.18. The van der Waals surface area contributed by atoms with Crippen LogP contribution in [0.2, 0.25) is 0 Å². The van der Waals surface area contributed by atoms with Crippen molar-refractivity contribution >= 4 is 11.7 Å². The number of carbonyl (C=O) groups is 1. The lowest BCUT2D eigenvalue weighted by Crippen LogP contribution is -2.43. The van der Waals surface area contributed by atoms with Gasteiger partial charge in [0.1, 0.15) is 0 Å². The smallest absolute Gasteiger partial charge is 0.322 e. The number of ether oxygens (including phenoxy) is 1. The SMILES string of the molecule is CCc1ccc(C)c(NC(=O)N2CCOCC2)c1. The Bertz CT molecular complexity index is 426. The topological polar surface area (TPSA) is 41.6 Å². The number of hydrogen-bond acceptors (Lipinski definition) is 2. The number of anilines is 1. The number of carbonyl (C=O) groups excluding carboxylic acids is 1. The summed E-state index contributed by atoms with van der Waals surface area (Å²) >= 11 is 0. The number of benzene rings is 1. The van der Waals surface area contributed by atoms with Gasteiger partial charge in [-0.25, -0.2) is 4.79 Å². The van der Waals surface area contributed by atoms with E-state index in [-0.39, 0.29) is 6.03 Å². The molecular weight excluding hydrogens is 228 g/mol. The van der Waals surface area contributed by atoms with Gasteiger partial charge >= 0.3 is 6.03 Å². The van der Waals surface area contributed by atoms with Gasteiger partial charge in [0.15, 0.2) is 0 Å². The summed E-state index contributed by atoms with van der Waals surface area (Å²) in [5.74, 6) is 0. The quantitative estimate of drug-likeness (QED) is 0.873. The summed E-state index contributed by atoms with van der Waals surface area (Å²) in [6, 6.07) is 6.16. The number of urea groups is 1. The Balaban J connectivity index is 2.05. The summed E-state index contributed by atoms with van der Waals surface area (Å²) in [5, 5.41) is 2.99. The molecule has 0 atom stereocenters. The van der Waals surface area contributed by atoms with Gasteiger partial charge in [-0.1, -0.05) is 19.1 Å². The monoisotopic (exact) mass is 248 g/mol. The first-order valence-corrected chi connectivity index (χ1v) is 6.44. The molecule has 98 valence electrons. The molecule has 0 saturated carbocycles. The molecule has 2 amide bonds. The van der Waals surface area contributed by atoms with Crippen LogP contribution in [0.3, 0.4) is 0 Å². The van der Waals surface area contributed by atoms with Gasteiger partial charge in [0.05, 0.1) is 13.2 Å². The first-order chi connectivity index (χ1) is 8.70. The van der Waals surface area contributed by atoms with E-state index in [4.69, 9.17) is 4.74 Å². The average molecular weight is 248 g/mol. The fraction of sp³-hybridized carbons (Fsp3) is 0.500. The second kappa shape index (κ2) is 5.87. The minimum atomic E-state index is -0.0327. The number of nitrogens with zero attached hydrogens (tertiary/aromatic N) is 1. The van der Waals surface area contributed by atoms with Crippen LogP contribution in [-0.4, -0.2) is 37.2 Å². The Kier molecular flexibility index (Phi) is 4.20. The lowest BCUT2D eigenvalue weighted by molar-refractivity contribution is 0.0564. The summed E-state index contributed by atoms with van der Waals surface area (Å²) in [7, 11) is 0. The van der Waals surface area contributed by atoms with Crippen LogP contribution in [0.25, 0.3) is 0 Å². The minimum absolute atomic E-state index is 0.0327. The van der Waals surface area contributed by atoms with Gasteiger partial charge in [-0.05, 0) is 30.5 Å². The molecule has 1 aliphatic heterocycles. The molecule has 18 heavy (non-hydrogen) atoms. The molecule has 4 heteroatoms. The summed E-state index contributed by atoms with van der Waals surface area (Å²) in [6.45, 7) is 6.70. The fourth-order valence-corrected chi connectivity index (χ4v) is 1.98. The number of morpholine rings is 1. The van der Waals surface area contributed by atoms with Crippen molar-refractivity contribution in [1.29, 1.82) is 0 Å². The van der Waals surface area contributed by atoms with Gasteiger partial charge in [0.2, 0.25) is 0 Å². The van der Waals surface area contributed by atoms with Crippen LogP contribution in [0.15, 0.2) is 18.2 Å². The molecule has 0 radical (unpaired) electrons. The molecule has 2 rings (SSSR count). The van der Waals surface area contributed by atoms with Crippen molar-refractivity contribution in [2.45, 2.75) is 20.3 Å². The Morgan fingerprint density at radius 3 is 2.78 bits per heavy atom. The van der Waals surface area contributed by atoms with Crippen LogP contribution in [0, 0.1) is 6.92 Å². The standard InChI is InChI=1S/C14H20N2O2/c1-3-12-5-4-11(2)13(10-12)15-14(17)16-6-8-18-9-7-16/h4-5,10H,3,6-9H2,1-2H3,(H,15,17). The van der Waals surface area contributed by atoms with E-state index in [0.717, 1.165) is 17.7 Å². The molecule has 4 nitrogen and oxygen atoms in total. The number of nitrogens with one attached hydrogen (secondary N) is 1. The molecule has 0 bridgehead atoms. The maximum Gasteiger partial charge on any atom is 0.322 e. The maximum absolute atomic E-state index is 12.1. The third kappa shape index (κ3) is 3.01. The molecule has 1 saturated heterocycles.